The molecule has 1 aliphatic rings. The highest BCUT2D eigenvalue weighted by Crippen LogP contribution is 2.34. The summed E-state index contributed by atoms with van der Waals surface area (Å²) in [5.41, 5.74) is 0.675. The van der Waals surface area contributed by atoms with Gasteiger partial charge in [-0.25, -0.2) is 0 Å². The average molecular weight is 502 g/mol. The molecule has 2 heterocycles. The smallest absolute Gasteiger partial charge is 0.293 e. The van der Waals surface area contributed by atoms with Gasteiger partial charge in [0.15, 0.2) is 17.3 Å². The van der Waals surface area contributed by atoms with Gasteiger partial charge in [-0.1, -0.05) is 19.9 Å². The van der Waals surface area contributed by atoms with E-state index in [1.807, 2.05) is 0 Å². The van der Waals surface area contributed by atoms with E-state index in [0.29, 0.717) is 17.1 Å². The molecule has 0 aliphatic carbocycles. The Bertz CT molecular complexity index is 1130. The highest BCUT2D eigenvalue weighted by Gasteiger charge is 2.35. The van der Waals surface area contributed by atoms with Gasteiger partial charge in [-0.15, -0.1) is 0 Å². The summed E-state index contributed by atoms with van der Waals surface area (Å²) < 4.78 is 15.5. The van der Waals surface area contributed by atoms with Gasteiger partial charge >= 0.3 is 0 Å². The number of nitrogens with one attached hydrogen (secondary N) is 2. The van der Waals surface area contributed by atoms with Crippen molar-refractivity contribution in [2.45, 2.75) is 19.9 Å². The van der Waals surface area contributed by atoms with E-state index < -0.39 is 29.0 Å². The first-order chi connectivity index (χ1) is 16.7. The Morgan fingerprint density at radius 2 is 1.89 bits per heavy atom. The Morgan fingerprint density at radius 1 is 1.14 bits per heavy atom. The normalized spacial score (nSPS) is 15.5. The SMILES string of the molecule is COc1ccc(/C=C2\SC(=O)N(CCNC(=O)[C@@H](NC(=O)c3ccco3)C(C)C)C2=O)cc1OC. The summed E-state index contributed by atoms with van der Waals surface area (Å²) in [5, 5.41) is 4.90. The van der Waals surface area contributed by atoms with Crippen LogP contribution in [0.5, 0.6) is 11.5 Å². The van der Waals surface area contributed by atoms with Gasteiger partial charge < -0.3 is 24.5 Å². The average Bonchev–Trinajstić information content (AvgIpc) is 3.46. The molecule has 0 spiro atoms. The number of carbonyl (C=O) groups is 4. The molecule has 1 aromatic carbocycles. The van der Waals surface area contributed by atoms with Crippen LogP contribution >= 0.6 is 11.8 Å². The van der Waals surface area contributed by atoms with Crippen LogP contribution in [0.4, 0.5) is 4.79 Å². The summed E-state index contributed by atoms with van der Waals surface area (Å²) in [6, 6.07) is 7.43. The number of hydrogen-bond acceptors (Lipinski definition) is 8. The second-order valence-corrected chi connectivity index (χ2v) is 8.90. The Balaban J connectivity index is 1.59. The third-order valence-corrected chi connectivity index (χ3v) is 6.10. The van der Waals surface area contributed by atoms with Gasteiger partial charge in [-0.3, -0.25) is 24.1 Å². The number of ether oxygens (including phenoxy) is 2. The van der Waals surface area contributed by atoms with E-state index in [-0.39, 0.29) is 29.7 Å². The molecule has 2 aromatic rings. The van der Waals surface area contributed by atoms with Gasteiger partial charge in [-0.05, 0) is 53.6 Å². The van der Waals surface area contributed by atoms with E-state index in [9.17, 15) is 19.2 Å². The van der Waals surface area contributed by atoms with Gasteiger partial charge in [0.2, 0.25) is 5.91 Å². The Morgan fingerprint density at radius 3 is 2.51 bits per heavy atom. The lowest BCUT2D eigenvalue weighted by atomic mass is 10.0. The monoisotopic (exact) mass is 501 g/mol. The minimum absolute atomic E-state index is 0.00335. The number of thioether (sulfide) groups is 1. The molecular formula is C24H27N3O7S. The fraction of sp³-hybridized carbons (Fsp3) is 0.333. The molecule has 0 radical (unpaired) electrons. The summed E-state index contributed by atoms with van der Waals surface area (Å²) in [6.07, 6.45) is 2.97. The summed E-state index contributed by atoms with van der Waals surface area (Å²) >= 11 is 0.823. The van der Waals surface area contributed by atoms with E-state index in [2.05, 4.69) is 10.6 Å². The zero-order chi connectivity index (χ0) is 25.5. The van der Waals surface area contributed by atoms with Gasteiger partial charge in [-0.2, -0.15) is 0 Å². The number of nitrogens with zero attached hydrogens (tertiary/aromatic N) is 1. The predicted molar refractivity (Wildman–Crippen MR) is 130 cm³/mol. The van der Waals surface area contributed by atoms with E-state index in [1.54, 1.807) is 44.2 Å². The van der Waals surface area contributed by atoms with Crippen LogP contribution < -0.4 is 20.1 Å². The molecule has 10 nitrogen and oxygen atoms in total. The van der Waals surface area contributed by atoms with Crippen molar-refractivity contribution in [3.63, 3.8) is 0 Å². The molecule has 4 amide bonds. The maximum Gasteiger partial charge on any atom is 0.293 e. The third-order valence-electron chi connectivity index (χ3n) is 5.19. The fourth-order valence-corrected chi connectivity index (χ4v) is 4.21. The first-order valence-electron chi connectivity index (χ1n) is 10.8. The molecule has 1 saturated heterocycles. The summed E-state index contributed by atoms with van der Waals surface area (Å²) in [6.45, 7) is 3.63. The molecule has 3 rings (SSSR count). The minimum Gasteiger partial charge on any atom is -0.493 e. The zero-order valence-electron chi connectivity index (χ0n) is 19.8. The molecule has 1 fully saturated rings. The van der Waals surface area contributed by atoms with Crippen molar-refractivity contribution >= 4 is 40.8 Å². The first-order valence-corrected chi connectivity index (χ1v) is 11.7. The van der Waals surface area contributed by atoms with Crippen LogP contribution in [0, 0.1) is 5.92 Å². The van der Waals surface area contributed by atoms with Crippen LogP contribution in [0.15, 0.2) is 45.9 Å². The number of methoxy groups -OCH3 is 2. The quantitative estimate of drug-likeness (QED) is 0.476. The van der Waals surface area contributed by atoms with Crippen molar-refractivity contribution in [2.24, 2.45) is 5.92 Å². The van der Waals surface area contributed by atoms with E-state index in [4.69, 9.17) is 13.9 Å². The molecule has 1 aromatic heterocycles. The maximum absolute atomic E-state index is 12.8. The van der Waals surface area contributed by atoms with E-state index in [1.165, 1.54) is 26.5 Å². The first kappa shape index (κ1) is 25.9. The van der Waals surface area contributed by atoms with E-state index >= 15 is 0 Å². The minimum atomic E-state index is -0.813. The highest BCUT2D eigenvalue weighted by molar-refractivity contribution is 8.18. The lowest BCUT2D eigenvalue weighted by Crippen LogP contribution is -2.51. The van der Waals surface area contributed by atoms with Gasteiger partial charge in [0.05, 0.1) is 25.4 Å². The van der Waals surface area contributed by atoms with Crippen molar-refractivity contribution < 1.29 is 33.1 Å². The van der Waals surface area contributed by atoms with Crippen molar-refractivity contribution in [2.75, 3.05) is 27.3 Å². The van der Waals surface area contributed by atoms with Gasteiger partial charge in [0, 0.05) is 13.1 Å². The van der Waals surface area contributed by atoms with Crippen molar-refractivity contribution in [1.29, 1.82) is 0 Å². The number of rotatable bonds is 10. The van der Waals surface area contributed by atoms with Crippen molar-refractivity contribution in [3.05, 3.63) is 52.8 Å². The number of carbonyl (C=O) groups excluding carboxylic acids is 4. The zero-order valence-corrected chi connectivity index (χ0v) is 20.6. The Hall–Kier alpha value is -3.73. The van der Waals surface area contributed by atoms with E-state index in [0.717, 1.165) is 16.7 Å². The lowest BCUT2D eigenvalue weighted by Gasteiger charge is -2.22. The summed E-state index contributed by atoms with van der Waals surface area (Å²) in [5.74, 6) is -0.424. The van der Waals surface area contributed by atoms with Crippen LogP contribution in [0.2, 0.25) is 0 Å². The Kier molecular flexibility index (Phi) is 8.58. The number of amides is 4. The Labute approximate surface area is 207 Å². The van der Waals surface area contributed by atoms with Crippen LogP contribution in [0.3, 0.4) is 0 Å². The van der Waals surface area contributed by atoms with Crippen LogP contribution in [-0.4, -0.2) is 61.2 Å². The van der Waals surface area contributed by atoms with Crippen LogP contribution in [-0.2, 0) is 9.59 Å². The third kappa shape index (κ3) is 6.24. The molecule has 1 atom stereocenters. The standard InChI is InChI=1S/C24H27N3O7S/c1-14(2)20(26-21(28)17-6-5-11-34-17)22(29)25-9-10-27-23(30)19(35-24(27)31)13-15-7-8-16(32-3)18(12-15)33-4/h5-8,11-14,20H,9-10H2,1-4H3,(H,25,29)(H,26,28)/b19-13-/t20-/m0/s1. The molecule has 186 valence electrons. The van der Waals surface area contributed by atoms with Crippen molar-refractivity contribution in [1.82, 2.24) is 15.5 Å². The molecule has 35 heavy (non-hydrogen) atoms. The molecular weight excluding hydrogens is 474 g/mol. The van der Waals surface area contributed by atoms with Crippen LogP contribution in [0.1, 0.15) is 30.0 Å². The molecule has 0 bridgehead atoms. The van der Waals surface area contributed by atoms with Gasteiger partial charge in [0.25, 0.3) is 17.1 Å². The molecule has 0 saturated carbocycles. The largest absolute Gasteiger partial charge is 0.493 e. The molecule has 0 unspecified atom stereocenters. The fourth-order valence-electron chi connectivity index (χ4n) is 3.34. The van der Waals surface area contributed by atoms with Gasteiger partial charge in [0.1, 0.15) is 6.04 Å². The molecule has 1 aliphatic heterocycles. The van der Waals surface area contributed by atoms with Crippen molar-refractivity contribution in [3.8, 4) is 11.5 Å². The maximum atomic E-state index is 12.8. The molecule has 11 heteroatoms. The summed E-state index contributed by atoms with van der Waals surface area (Å²) in [7, 11) is 3.04. The lowest BCUT2D eigenvalue weighted by molar-refractivity contribution is -0.125. The number of furan rings is 1. The molecule has 2 N–H and O–H groups in total. The number of hydrogen-bond donors (Lipinski definition) is 2. The van der Waals surface area contributed by atoms with Crippen LogP contribution in [0.25, 0.3) is 6.08 Å². The number of benzene rings is 1. The number of imide groups is 1. The summed E-state index contributed by atoms with van der Waals surface area (Å²) in [4.78, 5) is 51.4. The topological polar surface area (TPSA) is 127 Å². The second-order valence-electron chi connectivity index (χ2n) is 7.91. The predicted octanol–water partition coefficient (Wildman–Crippen LogP) is 2.90. The second kappa shape index (κ2) is 11.6. The highest BCUT2D eigenvalue weighted by atomic mass is 32.2.